The maximum atomic E-state index is 12.8. The molecule has 8 heteroatoms. The SMILES string of the molecule is O=C(N[C@H]1C[C@H]2C(=O)Nc3cc(Cl)ccc3C(=O)N2C1)c1cccnc1. The Bertz CT molecular complexity index is 903. The summed E-state index contributed by atoms with van der Waals surface area (Å²) < 4.78 is 0. The van der Waals surface area contributed by atoms with Gasteiger partial charge in [-0.15, -0.1) is 0 Å². The van der Waals surface area contributed by atoms with Gasteiger partial charge in [-0.1, -0.05) is 11.6 Å². The van der Waals surface area contributed by atoms with Gasteiger partial charge in [-0.2, -0.15) is 0 Å². The van der Waals surface area contributed by atoms with Crippen molar-refractivity contribution in [3.8, 4) is 0 Å². The van der Waals surface area contributed by atoms with Crippen molar-refractivity contribution in [2.75, 3.05) is 11.9 Å². The van der Waals surface area contributed by atoms with Crippen LogP contribution in [0.4, 0.5) is 5.69 Å². The minimum atomic E-state index is -0.632. The normalized spacial score (nSPS) is 21.5. The molecule has 26 heavy (non-hydrogen) atoms. The smallest absolute Gasteiger partial charge is 0.256 e. The third-order valence-corrected chi connectivity index (χ3v) is 4.83. The number of amides is 3. The van der Waals surface area contributed by atoms with Crippen LogP contribution in [0, 0.1) is 0 Å². The van der Waals surface area contributed by atoms with Crippen molar-refractivity contribution in [2.24, 2.45) is 0 Å². The van der Waals surface area contributed by atoms with Gasteiger partial charge in [0.25, 0.3) is 11.8 Å². The molecule has 1 aromatic carbocycles. The molecule has 0 unspecified atom stereocenters. The number of rotatable bonds is 2. The van der Waals surface area contributed by atoms with Gasteiger partial charge in [-0.05, 0) is 36.8 Å². The molecule has 0 bridgehead atoms. The number of nitrogens with one attached hydrogen (secondary N) is 2. The third kappa shape index (κ3) is 2.90. The average molecular weight is 371 g/mol. The van der Waals surface area contributed by atoms with E-state index >= 15 is 0 Å². The molecule has 2 aliphatic rings. The Morgan fingerprint density at radius 2 is 2.15 bits per heavy atom. The summed E-state index contributed by atoms with van der Waals surface area (Å²) in [6.07, 6.45) is 3.41. The maximum absolute atomic E-state index is 12.8. The molecule has 1 aromatic heterocycles. The number of carbonyl (C=O) groups excluding carboxylic acids is 3. The predicted molar refractivity (Wildman–Crippen MR) is 95.0 cm³/mol. The van der Waals surface area contributed by atoms with Crippen LogP contribution < -0.4 is 10.6 Å². The Hall–Kier alpha value is -2.93. The Labute approximate surface area is 154 Å². The number of fused-ring (bicyclic) bond motifs is 2. The fourth-order valence-corrected chi connectivity index (χ4v) is 3.53. The van der Waals surface area contributed by atoms with Crippen molar-refractivity contribution >= 4 is 35.0 Å². The standard InChI is InChI=1S/C18H15ClN4O3/c19-11-3-4-13-14(6-11)22-17(25)15-7-12(9-23(15)18(13)26)21-16(24)10-2-1-5-20-8-10/h1-6,8,12,15H,7,9H2,(H,21,24)(H,22,25)/t12-,15-/m0/s1. The minimum absolute atomic E-state index is 0.252. The zero-order valence-corrected chi connectivity index (χ0v) is 14.4. The Balaban J connectivity index is 1.55. The molecule has 2 aromatic rings. The van der Waals surface area contributed by atoms with E-state index in [-0.39, 0.29) is 30.3 Å². The third-order valence-electron chi connectivity index (χ3n) is 4.59. The van der Waals surface area contributed by atoms with E-state index in [2.05, 4.69) is 15.6 Å². The summed E-state index contributed by atoms with van der Waals surface area (Å²) in [6, 6.07) is 7.18. The van der Waals surface area contributed by atoms with E-state index in [4.69, 9.17) is 11.6 Å². The minimum Gasteiger partial charge on any atom is -0.347 e. The van der Waals surface area contributed by atoms with Gasteiger partial charge in [-0.3, -0.25) is 19.4 Å². The number of carbonyl (C=O) groups is 3. The maximum Gasteiger partial charge on any atom is 0.256 e. The first kappa shape index (κ1) is 16.5. The molecule has 0 radical (unpaired) electrons. The number of benzene rings is 1. The van der Waals surface area contributed by atoms with Crippen LogP contribution >= 0.6 is 11.6 Å². The van der Waals surface area contributed by atoms with Crippen molar-refractivity contribution in [3.05, 3.63) is 58.9 Å². The fraction of sp³-hybridized carbons (Fsp3) is 0.222. The van der Waals surface area contributed by atoms with E-state index < -0.39 is 6.04 Å². The number of anilines is 1. The molecular weight excluding hydrogens is 356 g/mol. The van der Waals surface area contributed by atoms with Gasteiger partial charge >= 0.3 is 0 Å². The van der Waals surface area contributed by atoms with Gasteiger partial charge in [0.1, 0.15) is 6.04 Å². The number of hydrogen-bond acceptors (Lipinski definition) is 4. The van der Waals surface area contributed by atoms with Crippen LogP contribution in [0.5, 0.6) is 0 Å². The number of halogens is 1. The summed E-state index contributed by atoms with van der Waals surface area (Å²) in [7, 11) is 0. The summed E-state index contributed by atoms with van der Waals surface area (Å²) in [5.41, 5.74) is 1.24. The first-order valence-corrected chi connectivity index (χ1v) is 8.53. The number of pyridine rings is 1. The molecule has 0 aliphatic carbocycles. The van der Waals surface area contributed by atoms with Crippen molar-refractivity contribution in [1.82, 2.24) is 15.2 Å². The molecule has 3 heterocycles. The fourth-order valence-electron chi connectivity index (χ4n) is 3.36. The highest BCUT2D eigenvalue weighted by molar-refractivity contribution is 6.31. The molecule has 1 fully saturated rings. The van der Waals surface area contributed by atoms with E-state index in [0.29, 0.717) is 28.3 Å². The van der Waals surface area contributed by atoms with E-state index in [9.17, 15) is 14.4 Å². The van der Waals surface area contributed by atoms with Gasteiger partial charge in [-0.25, -0.2) is 0 Å². The van der Waals surface area contributed by atoms with Crippen molar-refractivity contribution in [1.29, 1.82) is 0 Å². The van der Waals surface area contributed by atoms with Gasteiger partial charge in [0.15, 0.2) is 0 Å². The highest BCUT2D eigenvalue weighted by Gasteiger charge is 2.43. The Morgan fingerprint density at radius 1 is 1.31 bits per heavy atom. The molecule has 2 atom stereocenters. The molecule has 132 valence electrons. The number of hydrogen-bond donors (Lipinski definition) is 2. The second-order valence-corrected chi connectivity index (χ2v) is 6.74. The lowest BCUT2D eigenvalue weighted by molar-refractivity contribution is -0.119. The highest BCUT2D eigenvalue weighted by Crippen LogP contribution is 2.30. The summed E-state index contributed by atoms with van der Waals surface area (Å²) in [4.78, 5) is 43.1. The predicted octanol–water partition coefficient (Wildman–Crippen LogP) is 1.70. The van der Waals surface area contributed by atoms with Crippen LogP contribution in [0.15, 0.2) is 42.7 Å². The lowest BCUT2D eigenvalue weighted by Crippen LogP contribution is -2.41. The first-order chi connectivity index (χ1) is 12.5. The van der Waals surface area contributed by atoms with Crippen LogP contribution in [-0.2, 0) is 4.79 Å². The van der Waals surface area contributed by atoms with E-state index in [1.54, 1.807) is 36.5 Å². The van der Waals surface area contributed by atoms with Crippen LogP contribution in [-0.4, -0.2) is 46.2 Å². The van der Waals surface area contributed by atoms with Crippen LogP contribution in [0.1, 0.15) is 27.1 Å². The van der Waals surface area contributed by atoms with E-state index in [1.807, 2.05) is 0 Å². The van der Waals surface area contributed by atoms with Gasteiger partial charge in [0.05, 0.1) is 16.8 Å². The molecule has 2 aliphatic heterocycles. The molecule has 3 amide bonds. The molecule has 2 N–H and O–H groups in total. The van der Waals surface area contributed by atoms with Crippen molar-refractivity contribution < 1.29 is 14.4 Å². The summed E-state index contributed by atoms with van der Waals surface area (Å²) >= 11 is 5.96. The lowest BCUT2D eigenvalue weighted by Gasteiger charge is -2.20. The Kier molecular flexibility index (Phi) is 4.08. The van der Waals surface area contributed by atoms with Gasteiger partial charge in [0, 0.05) is 30.0 Å². The molecule has 0 spiro atoms. The summed E-state index contributed by atoms with van der Waals surface area (Å²) in [5, 5.41) is 6.08. The quantitative estimate of drug-likeness (QED) is 0.841. The van der Waals surface area contributed by atoms with Gasteiger partial charge in [0.2, 0.25) is 5.91 Å². The van der Waals surface area contributed by atoms with E-state index in [0.717, 1.165) is 0 Å². The largest absolute Gasteiger partial charge is 0.347 e. The molecule has 1 saturated heterocycles. The lowest BCUT2D eigenvalue weighted by atomic mass is 10.1. The molecular formula is C18H15ClN4O3. The Morgan fingerprint density at radius 3 is 2.92 bits per heavy atom. The molecule has 4 rings (SSSR count). The average Bonchev–Trinajstić information content (AvgIpc) is 3.02. The van der Waals surface area contributed by atoms with Crippen molar-refractivity contribution in [3.63, 3.8) is 0 Å². The summed E-state index contributed by atoms with van der Waals surface area (Å²) in [6.45, 7) is 0.269. The monoisotopic (exact) mass is 370 g/mol. The number of aromatic nitrogens is 1. The topological polar surface area (TPSA) is 91.4 Å². The van der Waals surface area contributed by atoms with Crippen LogP contribution in [0.2, 0.25) is 5.02 Å². The number of nitrogens with zero attached hydrogens (tertiary/aromatic N) is 2. The van der Waals surface area contributed by atoms with Crippen molar-refractivity contribution in [2.45, 2.75) is 18.5 Å². The first-order valence-electron chi connectivity index (χ1n) is 8.15. The van der Waals surface area contributed by atoms with Crippen LogP contribution in [0.3, 0.4) is 0 Å². The summed E-state index contributed by atoms with van der Waals surface area (Å²) in [5.74, 6) is -0.809. The zero-order valence-electron chi connectivity index (χ0n) is 13.6. The second-order valence-electron chi connectivity index (χ2n) is 6.30. The second kappa shape index (κ2) is 6.42. The van der Waals surface area contributed by atoms with E-state index in [1.165, 1.54) is 11.1 Å². The van der Waals surface area contributed by atoms with Gasteiger partial charge < -0.3 is 15.5 Å². The van der Waals surface area contributed by atoms with Crippen LogP contribution in [0.25, 0.3) is 0 Å². The zero-order chi connectivity index (χ0) is 18.3. The highest BCUT2D eigenvalue weighted by atomic mass is 35.5. The molecule has 0 saturated carbocycles. The molecule has 7 nitrogen and oxygen atoms in total.